The van der Waals surface area contributed by atoms with Crippen LogP contribution in [-0.2, 0) is 0 Å². The molecule has 2 aliphatic heterocycles. The van der Waals surface area contributed by atoms with Gasteiger partial charge in [0.15, 0.2) is 5.65 Å². The average molecular weight is 257 g/mol. The monoisotopic (exact) mass is 257 g/mol. The topological polar surface area (TPSA) is 36.7 Å². The van der Waals surface area contributed by atoms with Crippen molar-refractivity contribution in [2.24, 2.45) is 11.8 Å². The van der Waals surface area contributed by atoms with Gasteiger partial charge in [-0.1, -0.05) is 0 Å². The van der Waals surface area contributed by atoms with E-state index in [0.717, 1.165) is 29.0 Å². The van der Waals surface area contributed by atoms with Gasteiger partial charge in [-0.2, -0.15) is 5.10 Å². The number of hydrogen-bond acceptors (Lipinski definition) is 4. The third kappa shape index (κ3) is 1.68. The molecule has 1 saturated carbocycles. The summed E-state index contributed by atoms with van der Waals surface area (Å²) in [6.07, 6.45) is 6.74. The first-order chi connectivity index (χ1) is 9.20. The van der Waals surface area contributed by atoms with E-state index < -0.39 is 0 Å². The minimum Gasteiger partial charge on any atom is -0.373 e. The molecule has 2 bridgehead atoms. The molecule has 5 heteroatoms. The summed E-state index contributed by atoms with van der Waals surface area (Å²) in [6, 6.07) is 2.09. The van der Waals surface area contributed by atoms with Crippen LogP contribution in [0.15, 0.2) is 18.5 Å². The number of piperidine rings is 2. The van der Waals surface area contributed by atoms with Gasteiger partial charge in [-0.15, -0.1) is 0 Å². The highest BCUT2D eigenvalue weighted by atomic mass is 15.3. The van der Waals surface area contributed by atoms with Crippen molar-refractivity contribution >= 4 is 17.2 Å². The Morgan fingerprint density at radius 3 is 2.63 bits per heavy atom. The average Bonchev–Trinajstić information content (AvgIpc) is 2.81. The summed E-state index contributed by atoms with van der Waals surface area (Å²) in [5.74, 6) is 2.90. The summed E-state index contributed by atoms with van der Waals surface area (Å²) in [5.41, 5.74) is 2.02. The Bertz CT molecular complexity index is 601. The maximum atomic E-state index is 4.82. The Labute approximate surface area is 112 Å². The van der Waals surface area contributed by atoms with Crippen LogP contribution in [0.3, 0.4) is 0 Å². The second-order valence-electron chi connectivity index (χ2n) is 6.09. The zero-order valence-corrected chi connectivity index (χ0v) is 11.5. The lowest BCUT2D eigenvalue weighted by atomic mass is 9.71. The van der Waals surface area contributed by atoms with Gasteiger partial charge in [0.2, 0.25) is 0 Å². The highest BCUT2D eigenvalue weighted by Gasteiger charge is 2.37. The van der Waals surface area contributed by atoms with Crippen molar-refractivity contribution in [1.29, 1.82) is 0 Å². The van der Waals surface area contributed by atoms with Gasteiger partial charge in [0.1, 0.15) is 11.5 Å². The lowest BCUT2D eigenvalue weighted by Crippen LogP contribution is -2.49. The SMILES string of the molecule is CN(C)c1cnn2ccc(N3CC4CC(C4)C3)nc12. The van der Waals surface area contributed by atoms with Gasteiger partial charge in [0.25, 0.3) is 0 Å². The molecule has 2 aromatic rings. The van der Waals surface area contributed by atoms with Gasteiger partial charge >= 0.3 is 0 Å². The fourth-order valence-electron chi connectivity index (χ4n) is 3.40. The van der Waals surface area contributed by atoms with Crippen LogP contribution in [0.4, 0.5) is 11.5 Å². The smallest absolute Gasteiger partial charge is 0.180 e. The third-order valence-corrected chi connectivity index (χ3v) is 4.43. The molecule has 0 amide bonds. The quantitative estimate of drug-likeness (QED) is 0.819. The second kappa shape index (κ2) is 3.85. The molecule has 2 saturated heterocycles. The van der Waals surface area contributed by atoms with E-state index in [2.05, 4.69) is 21.0 Å². The zero-order chi connectivity index (χ0) is 13.0. The van der Waals surface area contributed by atoms with E-state index in [4.69, 9.17) is 4.98 Å². The first kappa shape index (κ1) is 11.1. The fraction of sp³-hybridized carbons (Fsp3) is 0.571. The van der Waals surface area contributed by atoms with Gasteiger partial charge < -0.3 is 9.80 Å². The van der Waals surface area contributed by atoms with E-state index in [9.17, 15) is 0 Å². The molecular formula is C14H19N5. The van der Waals surface area contributed by atoms with E-state index in [0.29, 0.717) is 0 Å². The van der Waals surface area contributed by atoms with Crippen LogP contribution in [0.5, 0.6) is 0 Å². The summed E-state index contributed by atoms with van der Waals surface area (Å²) in [7, 11) is 4.06. The first-order valence-electron chi connectivity index (χ1n) is 6.97. The largest absolute Gasteiger partial charge is 0.373 e. The standard InChI is InChI=1S/C14H19N5/c1-17(2)12-7-15-19-4-3-13(16-14(12)19)18-8-10-5-11(6-10)9-18/h3-4,7,10-11H,5-6,8-9H2,1-2H3. The first-order valence-corrected chi connectivity index (χ1v) is 6.97. The molecule has 0 radical (unpaired) electrons. The van der Waals surface area contributed by atoms with Crippen LogP contribution in [0, 0.1) is 11.8 Å². The van der Waals surface area contributed by atoms with Gasteiger partial charge in [-0.05, 0) is 30.7 Å². The predicted octanol–water partition coefficient (Wildman–Crippen LogP) is 1.64. The summed E-state index contributed by atoms with van der Waals surface area (Å²) < 4.78 is 1.85. The number of rotatable bonds is 2. The fourth-order valence-corrected chi connectivity index (χ4v) is 3.40. The molecule has 4 heterocycles. The van der Waals surface area contributed by atoms with Crippen molar-refractivity contribution in [1.82, 2.24) is 14.6 Å². The molecule has 2 aromatic heterocycles. The Kier molecular flexibility index (Phi) is 2.25. The minimum atomic E-state index is 0.898. The molecule has 0 aromatic carbocycles. The third-order valence-electron chi connectivity index (χ3n) is 4.43. The van der Waals surface area contributed by atoms with Crippen molar-refractivity contribution in [2.45, 2.75) is 12.8 Å². The van der Waals surface area contributed by atoms with Crippen molar-refractivity contribution in [3.63, 3.8) is 0 Å². The number of anilines is 2. The van der Waals surface area contributed by atoms with Crippen molar-refractivity contribution in [2.75, 3.05) is 37.0 Å². The lowest BCUT2D eigenvalue weighted by Gasteiger charge is -2.47. The van der Waals surface area contributed by atoms with E-state index in [1.54, 1.807) is 0 Å². The summed E-state index contributed by atoms with van der Waals surface area (Å²) in [4.78, 5) is 9.32. The molecule has 0 N–H and O–H groups in total. The zero-order valence-electron chi connectivity index (χ0n) is 11.5. The Hall–Kier alpha value is -1.78. The predicted molar refractivity (Wildman–Crippen MR) is 75.7 cm³/mol. The van der Waals surface area contributed by atoms with E-state index >= 15 is 0 Å². The molecule has 0 atom stereocenters. The van der Waals surface area contributed by atoms with Crippen LogP contribution >= 0.6 is 0 Å². The molecule has 100 valence electrons. The maximum Gasteiger partial charge on any atom is 0.180 e. The van der Waals surface area contributed by atoms with Crippen LogP contribution in [0.1, 0.15) is 12.8 Å². The van der Waals surface area contributed by atoms with E-state index in [-0.39, 0.29) is 0 Å². The molecule has 19 heavy (non-hydrogen) atoms. The number of nitrogens with zero attached hydrogens (tertiary/aromatic N) is 5. The Morgan fingerprint density at radius 2 is 1.95 bits per heavy atom. The van der Waals surface area contributed by atoms with E-state index in [1.807, 2.05) is 31.0 Å². The Balaban J connectivity index is 1.72. The normalized spacial score (nSPS) is 25.5. The second-order valence-corrected chi connectivity index (χ2v) is 6.09. The molecule has 3 aliphatic rings. The minimum absolute atomic E-state index is 0.898. The van der Waals surface area contributed by atoms with Crippen LogP contribution in [0.25, 0.3) is 5.65 Å². The van der Waals surface area contributed by atoms with Gasteiger partial charge in [-0.25, -0.2) is 9.50 Å². The summed E-state index contributed by atoms with van der Waals surface area (Å²) >= 11 is 0. The molecule has 5 nitrogen and oxygen atoms in total. The van der Waals surface area contributed by atoms with E-state index in [1.165, 1.54) is 25.9 Å². The molecule has 0 spiro atoms. The van der Waals surface area contributed by atoms with Gasteiger partial charge in [0.05, 0.1) is 6.20 Å². The summed E-state index contributed by atoms with van der Waals surface area (Å²) in [6.45, 7) is 2.34. The van der Waals surface area contributed by atoms with Crippen LogP contribution in [-0.4, -0.2) is 41.8 Å². The molecule has 0 unspecified atom stereocenters. The van der Waals surface area contributed by atoms with Crippen LogP contribution < -0.4 is 9.80 Å². The molecule has 3 fully saturated rings. The highest BCUT2D eigenvalue weighted by molar-refractivity contribution is 5.69. The van der Waals surface area contributed by atoms with Crippen molar-refractivity contribution in [3.05, 3.63) is 18.5 Å². The maximum absolute atomic E-state index is 4.82. The number of fused-ring (bicyclic) bond motifs is 3. The Morgan fingerprint density at radius 1 is 1.21 bits per heavy atom. The molecular weight excluding hydrogens is 238 g/mol. The van der Waals surface area contributed by atoms with Crippen molar-refractivity contribution in [3.8, 4) is 0 Å². The molecule has 1 aliphatic carbocycles. The van der Waals surface area contributed by atoms with Gasteiger partial charge in [-0.3, -0.25) is 0 Å². The molecule has 5 rings (SSSR count). The van der Waals surface area contributed by atoms with Crippen LogP contribution in [0.2, 0.25) is 0 Å². The lowest BCUT2D eigenvalue weighted by molar-refractivity contribution is 0.158. The number of aromatic nitrogens is 3. The van der Waals surface area contributed by atoms with Gasteiger partial charge in [0, 0.05) is 33.4 Å². The summed E-state index contributed by atoms with van der Waals surface area (Å²) in [5, 5.41) is 4.34. The highest BCUT2D eigenvalue weighted by Crippen LogP contribution is 2.40. The van der Waals surface area contributed by atoms with Crippen molar-refractivity contribution < 1.29 is 0 Å². The number of hydrogen-bond donors (Lipinski definition) is 0.